The molecule has 1 aromatic heterocycles. The topological polar surface area (TPSA) is 101 Å². The van der Waals surface area contributed by atoms with Crippen molar-refractivity contribution in [1.82, 2.24) is 10.2 Å². The van der Waals surface area contributed by atoms with Crippen LogP contribution in [0.15, 0.2) is 76.2 Å². The van der Waals surface area contributed by atoms with Gasteiger partial charge in [0.2, 0.25) is 0 Å². The summed E-state index contributed by atoms with van der Waals surface area (Å²) in [5, 5.41) is 3.00. The van der Waals surface area contributed by atoms with E-state index in [4.69, 9.17) is 9.15 Å². The fourth-order valence-corrected chi connectivity index (χ4v) is 5.26. The maximum atomic E-state index is 12.8. The van der Waals surface area contributed by atoms with Crippen molar-refractivity contribution in [2.24, 2.45) is 0 Å². The first kappa shape index (κ1) is 24.8. The van der Waals surface area contributed by atoms with Gasteiger partial charge in [0.05, 0.1) is 23.8 Å². The molecule has 1 aliphatic rings. The van der Waals surface area contributed by atoms with E-state index in [0.29, 0.717) is 30.2 Å². The second-order valence-corrected chi connectivity index (χ2v) is 10.1. The SMILES string of the molecule is CCOc1ccc(S(=O)(=O)Nc2ccc(C(=O)NC[C@@H](c3ccco3)N3CCCCC3)cc2)cc1. The summed E-state index contributed by atoms with van der Waals surface area (Å²) < 4.78 is 38.9. The minimum Gasteiger partial charge on any atom is -0.494 e. The number of piperidine rings is 1. The first-order chi connectivity index (χ1) is 17.0. The van der Waals surface area contributed by atoms with Gasteiger partial charge in [0.25, 0.3) is 15.9 Å². The van der Waals surface area contributed by atoms with E-state index in [0.717, 1.165) is 31.7 Å². The third-order valence-electron chi connectivity index (χ3n) is 6.00. The highest BCUT2D eigenvalue weighted by molar-refractivity contribution is 7.92. The van der Waals surface area contributed by atoms with E-state index < -0.39 is 10.0 Å². The summed E-state index contributed by atoms with van der Waals surface area (Å²) in [4.78, 5) is 15.3. The fraction of sp³-hybridized carbons (Fsp3) is 0.346. The van der Waals surface area contributed by atoms with Crippen LogP contribution >= 0.6 is 0 Å². The van der Waals surface area contributed by atoms with Crippen LogP contribution < -0.4 is 14.8 Å². The highest BCUT2D eigenvalue weighted by Crippen LogP contribution is 2.25. The number of carbonyl (C=O) groups is 1. The molecule has 0 unspecified atom stereocenters. The maximum absolute atomic E-state index is 12.8. The molecule has 0 spiro atoms. The van der Waals surface area contributed by atoms with Crippen molar-refractivity contribution in [2.45, 2.75) is 37.1 Å². The Kier molecular flexibility index (Phi) is 8.09. The van der Waals surface area contributed by atoms with Crippen LogP contribution in [-0.4, -0.2) is 45.5 Å². The number of nitrogens with one attached hydrogen (secondary N) is 2. The normalized spacial score (nSPS) is 15.3. The van der Waals surface area contributed by atoms with Gasteiger partial charge in [-0.05, 0) is 93.5 Å². The van der Waals surface area contributed by atoms with Gasteiger partial charge in [0.15, 0.2) is 0 Å². The molecule has 1 saturated heterocycles. The summed E-state index contributed by atoms with van der Waals surface area (Å²) in [6, 6.07) is 16.4. The standard InChI is InChI=1S/C26H31N3O5S/c1-2-33-22-12-14-23(15-13-22)35(31,32)28-21-10-8-20(9-11-21)26(30)27-19-24(25-7-6-18-34-25)29-16-4-3-5-17-29/h6-15,18,24,28H,2-5,16-17,19H2,1H3,(H,27,30)/t24-/m0/s1. The lowest BCUT2D eigenvalue weighted by atomic mass is 10.1. The van der Waals surface area contributed by atoms with Gasteiger partial charge in [-0.2, -0.15) is 0 Å². The number of furan rings is 1. The Morgan fingerprint density at radius 3 is 2.37 bits per heavy atom. The van der Waals surface area contributed by atoms with Gasteiger partial charge in [0.1, 0.15) is 11.5 Å². The fourth-order valence-electron chi connectivity index (χ4n) is 4.20. The van der Waals surface area contributed by atoms with Crippen molar-refractivity contribution in [1.29, 1.82) is 0 Å². The van der Waals surface area contributed by atoms with E-state index in [1.807, 2.05) is 19.1 Å². The number of anilines is 1. The van der Waals surface area contributed by atoms with Crippen LogP contribution in [0.25, 0.3) is 0 Å². The molecule has 1 amide bonds. The summed E-state index contributed by atoms with van der Waals surface area (Å²) in [7, 11) is -3.76. The Morgan fingerprint density at radius 1 is 1.03 bits per heavy atom. The molecule has 9 heteroatoms. The quantitative estimate of drug-likeness (QED) is 0.430. The van der Waals surface area contributed by atoms with Crippen molar-refractivity contribution >= 4 is 21.6 Å². The third-order valence-corrected chi connectivity index (χ3v) is 7.40. The second-order valence-electron chi connectivity index (χ2n) is 8.43. The van der Waals surface area contributed by atoms with E-state index >= 15 is 0 Å². The molecule has 0 saturated carbocycles. The smallest absolute Gasteiger partial charge is 0.261 e. The summed E-state index contributed by atoms with van der Waals surface area (Å²) in [6.07, 6.45) is 5.15. The van der Waals surface area contributed by atoms with Crippen molar-refractivity contribution in [3.8, 4) is 5.75 Å². The van der Waals surface area contributed by atoms with E-state index in [9.17, 15) is 13.2 Å². The number of nitrogens with zero attached hydrogens (tertiary/aromatic N) is 1. The number of carbonyl (C=O) groups excluding carboxylic acids is 1. The number of hydrogen-bond acceptors (Lipinski definition) is 6. The van der Waals surface area contributed by atoms with Crippen LogP contribution in [0, 0.1) is 0 Å². The largest absolute Gasteiger partial charge is 0.494 e. The van der Waals surface area contributed by atoms with Crippen molar-refractivity contribution in [3.05, 3.63) is 78.3 Å². The van der Waals surface area contributed by atoms with Crippen molar-refractivity contribution in [3.63, 3.8) is 0 Å². The number of benzene rings is 2. The first-order valence-electron chi connectivity index (χ1n) is 11.9. The van der Waals surface area contributed by atoms with Crippen LogP contribution in [0.2, 0.25) is 0 Å². The zero-order chi connectivity index (χ0) is 24.7. The zero-order valence-corrected chi connectivity index (χ0v) is 20.6. The van der Waals surface area contributed by atoms with Gasteiger partial charge in [-0.3, -0.25) is 14.4 Å². The van der Waals surface area contributed by atoms with Crippen LogP contribution in [-0.2, 0) is 10.0 Å². The van der Waals surface area contributed by atoms with Crippen LogP contribution in [0.4, 0.5) is 5.69 Å². The predicted octanol–water partition coefficient (Wildman–Crippen LogP) is 4.44. The van der Waals surface area contributed by atoms with Crippen molar-refractivity contribution in [2.75, 3.05) is 31.0 Å². The molecule has 0 aliphatic carbocycles. The van der Waals surface area contributed by atoms with Crippen LogP contribution in [0.3, 0.4) is 0 Å². The lowest BCUT2D eigenvalue weighted by Crippen LogP contribution is -2.40. The maximum Gasteiger partial charge on any atom is 0.261 e. The molecule has 1 atom stereocenters. The molecule has 0 bridgehead atoms. The highest BCUT2D eigenvalue weighted by Gasteiger charge is 2.25. The Labute approximate surface area is 206 Å². The van der Waals surface area contributed by atoms with Gasteiger partial charge >= 0.3 is 0 Å². The van der Waals surface area contributed by atoms with Crippen LogP contribution in [0.1, 0.15) is 48.3 Å². The summed E-state index contributed by atoms with van der Waals surface area (Å²) >= 11 is 0. The molecule has 3 aromatic rings. The van der Waals surface area contributed by atoms with Gasteiger partial charge in [-0.25, -0.2) is 8.42 Å². The summed E-state index contributed by atoms with van der Waals surface area (Å²) in [5.74, 6) is 1.22. The Bertz CT molecular complexity index is 1190. The number of amides is 1. The minimum atomic E-state index is -3.76. The predicted molar refractivity (Wildman–Crippen MR) is 134 cm³/mol. The zero-order valence-electron chi connectivity index (χ0n) is 19.8. The Balaban J connectivity index is 1.37. The van der Waals surface area contributed by atoms with E-state index in [1.54, 1.807) is 42.7 Å². The molecule has 186 valence electrons. The van der Waals surface area contributed by atoms with E-state index in [2.05, 4.69) is 14.9 Å². The monoisotopic (exact) mass is 497 g/mol. The lowest BCUT2D eigenvalue weighted by Gasteiger charge is -2.33. The molecule has 2 heterocycles. The molecule has 8 nitrogen and oxygen atoms in total. The Morgan fingerprint density at radius 2 is 1.74 bits per heavy atom. The van der Waals surface area contributed by atoms with Crippen molar-refractivity contribution < 1.29 is 22.4 Å². The molecule has 1 fully saturated rings. The number of ether oxygens (including phenoxy) is 1. The number of hydrogen-bond donors (Lipinski definition) is 2. The second kappa shape index (κ2) is 11.4. The van der Waals surface area contributed by atoms with Gasteiger partial charge in [-0.1, -0.05) is 6.42 Å². The Hall–Kier alpha value is -3.30. The average Bonchev–Trinajstić information content (AvgIpc) is 3.40. The first-order valence-corrected chi connectivity index (χ1v) is 13.4. The van der Waals surface area contributed by atoms with Gasteiger partial charge < -0.3 is 14.5 Å². The average molecular weight is 498 g/mol. The van der Waals surface area contributed by atoms with E-state index in [-0.39, 0.29) is 16.8 Å². The molecule has 2 N–H and O–H groups in total. The summed E-state index contributed by atoms with van der Waals surface area (Å²) in [6.45, 7) is 4.75. The molecule has 2 aromatic carbocycles. The van der Waals surface area contributed by atoms with Gasteiger partial charge in [0, 0.05) is 17.8 Å². The summed E-state index contributed by atoms with van der Waals surface area (Å²) in [5.41, 5.74) is 0.822. The number of rotatable bonds is 10. The minimum absolute atomic E-state index is 0.0190. The van der Waals surface area contributed by atoms with E-state index in [1.165, 1.54) is 18.6 Å². The molecule has 35 heavy (non-hydrogen) atoms. The molecule has 4 rings (SSSR count). The lowest BCUT2D eigenvalue weighted by molar-refractivity contribution is 0.0914. The number of likely N-dealkylation sites (tertiary alicyclic amines) is 1. The third kappa shape index (κ3) is 6.43. The highest BCUT2D eigenvalue weighted by atomic mass is 32.2. The van der Waals surface area contributed by atoms with Crippen LogP contribution in [0.5, 0.6) is 5.75 Å². The molecule has 1 aliphatic heterocycles. The van der Waals surface area contributed by atoms with Gasteiger partial charge in [-0.15, -0.1) is 0 Å². The molecular formula is C26H31N3O5S. The molecule has 0 radical (unpaired) electrons. The molecular weight excluding hydrogens is 466 g/mol. The number of sulfonamides is 1.